The van der Waals surface area contributed by atoms with E-state index in [1.165, 1.54) is 30.3 Å². The minimum absolute atomic E-state index is 0.157. The van der Waals surface area contributed by atoms with Crippen LogP contribution in [0.25, 0.3) is 5.57 Å². The lowest BCUT2D eigenvalue weighted by molar-refractivity contribution is -0.274. The van der Waals surface area contributed by atoms with Crippen molar-refractivity contribution in [2.24, 2.45) is 5.92 Å². The molecule has 32 heavy (non-hydrogen) atoms. The first-order valence-electron chi connectivity index (χ1n) is 10.2. The Morgan fingerprint density at radius 1 is 1.03 bits per heavy atom. The van der Waals surface area contributed by atoms with E-state index in [1.54, 1.807) is 13.1 Å². The van der Waals surface area contributed by atoms with Gasteiger partial charge in [0, 0.05) is 6.20 Å². The van der Waals surface area contributed by atoms with Crippen LogP contribution in [0, 0.1) is 5.92 Å². The monoisotopic (exact) mass is 459 g/mol. The molecule has 1 aliphatic rings. The first-order chi connectivity index (χ1) is 15.0. The molecule has 0 unspecified atom stereocenters. The topological polar surface area (TPSA) is 30.5 Å². The number of halogens is 6. The molecule has 0 bridgehead atoms. The highest BCUT2D eigenvalue weighted by molar-refractivity contribution is 5.70. The predicted molar refractivity (Wildman–Crippen MR) is 109 cm³/mol. The summed E-state index contributed by atoms with van der Waals surface area (Å²) in [5.41, 5.74) is 0.771. The van der Waals surface area contributed by atoms with E-state index in [-0.39, 0.29) is 23.8 Å². The Morgan fingerprint density at radius 3 is 2.25 bits per heavy atom. The number of ether oxygens (including phenoxy) is 2. The Labute approximate surface area is 182 Å². The van der Waals surface area contributed by atoms with Gasteiger partial charge in [-0.3, -0.25) is 0 Å². The van der Waals surface area contributed by atoms with Gasteiger partial charge in [0.1, 0.15) is 11.5 Å². The highest BCUT2D eigenvalue weighted by Gasteiger charge is 2.32. The summed E-state index contributed by atoms with van der Waals surface area (Å²) in [5, 5.41) is 2.92. The van der Waals surface area contributed by atoms with Crippen LogP contribution in [-0.4, -0.2) is 13.0 Å². The van der Waals surface area contributed by atoms with E-state index >= 15 is 0 Å². The van der Waals surface area contributed by atoms with Gasteiger partial charge in [-0.25, -0.2) is 0 Å². The molecule has 0 amide bonds. The summed E-state index contributed by atoms with van der Waals surface area (Å²) in [7, 11) is 0. The van der Waals surface area contributed by atoms with Crippen LogP contribution >= 0.6 is 0 Å². The summed E-state index contributed by atoms with van der Waals surface area (Å²) in [5.74, 6) is 0.351. The molecule has 0 aliphatic heterocycles. The van der Waals surface area contributed by atoms with Gasteiger partial charge in [0.2, 0.25) is 0 Å². The molecule has 2 aromatic carbocycles. The van der Waals surface area contributed by atoms with Crippen LogP contribution in [0.5, 0.6) is 11.5 Å². The number of rotatable bonds is 8. The van der Waals surface area contributed by atoms with Gasteiger partial charge in [-0.2, -0.15) is 13.2 Å². The van der Waals surface area contributed by atoms with E-state index in [1.807, 2.05) is 0 Å². The molecular formula is C23H23F6NO2. The third-order valence-electron chi connectivity index (χ3n) is 5.20. The van der Waals surface area contributed by atoms with Crippen LogP contribution in [0.15, 0.2) is 48.7 Å². The Morgan fingerprint density at radius 2 is 1.72 bits per heavy atom. The smallest absolute Gasteiger partial charge is 0.492 e. The zero-order chi connectivity index (χ0) is 23.4. The van der Waals surface area contributed by atoms with Crippen molar-refractivity contribution in [2.45, 2.75) is 45.1 Å². The second-order valence-electron chi connectivity index (χ2n) is 7.53. The summed E-state index contributed by atoms with van der Waals surface area (Å²) in [4.78, 5) is 0. The fourth-order valence-electron chi connectivity index (χ4n) is 3.40. The van der Waals surface area contributed by atoms with Crippen molar-refractivity contribution in [2.75, 3.05) is 11.9 Å². The summed E-state index contributed by atoms with van der Waals surface area (Å²) >= 11 is 0. The lowest BCUT2D eigenvalue weighted by Crippen LogP contribution is -2.17. The number of hydrogen-bond donors (Lipinski definition) is 1. The number of anilines is 1. The van der Waals surface area contributed by atoms with Crippen molar-refractivity contribution in [1.29, 1.82) is 0 Å². The molecule has 0 heterocycles. The minimum Gasteiger partial charge on any atom is -0.492 e. The second-order valence-corrected chi connectivity index (χ2v) is 7.53. The van der Waals surface area contributed by atoms with E-state index in [4.69, 9.17) is 4.74 Å². The standard InChI is InChI=1S/C23H23F6NO2/c1-2-31-21-11-8-18(22(24,25)26)13-20(21)30-14-17(12-15-4-3-5-15)16-6-9-19(10-7-16)32-23(27,28)29/h6-11,13-15,30H,2-5,12H2,1H3/b17-14+. The van der Waals surface area contributed by atoms with E-state index in [0.717, 1.165) is 37.0 Å². The zero-order valence-electron chi connectivity index (χ0n) is 17.3. The maximum atomic E-state index is 13.2. The van der Waals surface area contributed by atoms with Crippen molar-refractivity contribution >= 4 is 11.3 Å². The first-order valence-corrected chi connectivity index (χ1v) is 10.2. The van der Waals surface area contributed by atoms with Gasteiger partial charge in [-0.05, 0) is 60.7 Å². The highest BCUT2D eigenvalue weighted by atomic mass is 19.4. The van der Waals surface area contributed by atoms with Crippen LogP contribution in [0.3, 0.4) is 0 Å². The lowest BCUT2D eigenvalue weighted by Gasteiger charge is -2.26. The molecule has 2 aromatic rings. The van der Waals surface area contributed by atoms with Gasteiger partial charge in [0.05, 0.1) is 17.9 Å². The molecule has 3 nitrogen and oxygen atoms in total. The zero-order valence-corrected chi connectivity index (χ0v) is 17.3. The van der Waals surface area contributed by atoms with Gasteiger partial charge in [-0.15, -0.1) is 13.2 Å². The summed E-state index contributed by atoms with van der Waals surface area (Å²) in [6, 6.07) is 8.63. The Balaban J connectivity index is 1.88. The Bertz CT molecular complexity index is 931. The molecule has 0 spiro atoms. The van der Waals surface area contributed by atoms with Gasteiger partial charge < -0.3 is 14.8 Å². The molecule has 0 aromatic heterocycles. The van der Waals surface area contributed by atoms with Crippen molar-refractivity contribution in [3.63, 3.8) is 0 Å². The molecule has 1 fully saturated rings. The number of hydrogen-bond acceptors (Lipinski definition) is 3. The van der Waals surface area contributed by atoms with Crippen molar-refractivity contribution < 1.29 is 35.8 Å². The maximum absolute atomic E-state index is 13.2. The first kappa shape index (κ1) is 23.8. The van der Waals surface area contributed by atoms with Crippen LogP contribution in [0.2, 0.25) is 0 Å². The van der Waals surface area contributed by atoms with Crippen LogP contribution in [0.1, 0.15) is 43.7 Å². The van der Waals surface area contributed by atoms with E-state index < -0.39 is 18.1 Å². The fraction of sp³-hybridized carbons (Fsp3) is 0.391. The minimum atomic E-state index is -4.78. The van der Waals surface area contributed by atoms with Gasteiger partial charge in [-0.1, -0.05) is 31.4 Å². The number of benzene rings is 2. The Hall–Kier alpha value is -2.84. The van der Waals surface area contributed by atoms with E-state index in [9.17, 15) is 26.3 Å². The molecule has 0 atom stereocenters. The van der Waals surface area contributed by atoms with Crippen LogP contribution in [-0.2, 0) is 6.18 Å². The quantitative estimate of drug-likeness (QED) is 0.412. The number of alkyl halides is 6. The molecule has 0 saturated heterocycles. The average Bonchev–Trinajstić information content (AvgIpc) is 2.66. The summed E-state index contributed by atoms with van der Waals surface area (Å²) in [6.07, 6.45) is -3.89. The largest absolute Gasteiger partial charge is 0.573 e. The lowest BCUT2D eigenvalue weighted by atomic mass is 9.80. The highest BCUT2D eigenvalue weighted by Crippen LogP contribution is 2.38. The summed E-state index contributed by atoms with van der Waals surface area (Å²) < 4.78 is 86.1. The molecule has 1 saturated carbocycles. The molecule has 9 heteroatoms. The molecular weight excluding hydrogens is 436 g/mol. The molecule has 3 rings (SSSR count). The average molecular weight is 459 g/mol. The van der Waals surface area contributed by atoms with Crippen LogP contribution in [0.4, 0.5) is 32.0 Å². The van der Waals surface area contributed by atoms with E-state index in [0.29, 0.717) is 17.9 Å². The second kappa shape index (κ2) is 9.75. The number of allylic oxidation sites excluding steroid dienone is 1. The van der Waals surface area contributed by atoms with Gasteiger partial charge in [0.15, 0.2) is 0 Å². The van der Waals surface area contributed by atoms with Crippen LogP contribution < -0.4 is 14.8 Å². The van der Waals surface area contributed by atoms with Gasteiger partial charge >= 0.3 is 12.5 Å². The van der Waals surface area contributed by atoms with Crippen molar-refractivity contribution in [3.05, 3.63) is 59.8 Å². The molecule has 1 aliphatic carbocycles. The third kappa shape index (κ3) is 6.58. The molecule has 174 valence electrons. The van der Waals surface area contributed by atoms with E-state index in [2.05, 4.69) is 10.1 Å². The fourth-order valence-corrected chi connectivity index (χ4v) is 3.40. The third-order valence-corrected chi connectivity index (χ3v) is 5.20. The van der Waals surface area contributed by atoms with Gasteiger partial charge in [0.25, 0.3) is 0 Å². The Kier molecular flexibility index (Phi) is 7.26. The maximum Gasteiger partial charge on any atom is 0.573 e. The molecule has 1 N–H and O–H groups in total. The van der Waals surface area contributed by atoms with Crippen molar-refractivity contribution in [1.82, 2.24) is 0 Å². The number of nitrogens with one attached hydrogen (secondary N) is 1. The molecule has 0 radical (unpaired) electrons. The van der Waals surface area contributed by atoms with Crippen molar-refractivity contribution in [3.8, 4) is 11.5 Å². The predicted octanol–water partition coefficient (Wildman–Crippen LogP) is 7.65. The normalized spacial score (nSPS) is 15.3. The SMILES string of the molecule is CCOc1ccc(C(F)(F)F)cc1N/C=C(\CC1CCC1)c1ccc(OC(F)(F)F)cc1. The summed E-state index contributed by atoms with van der Waals surface area (Å²) in [6.45, 7) is 2.00.